The van der Waals surface area contributed by atoms with E-state index >= 15 is 0 Å². The van der Waals surface area contributed by atoms with Crippen LogP contribution in [0.3, 0.4) is 0 Å². The van der Waals surface area contributed by atoms with Gasteiger partial charge >= 0.3 is 5.97 Å². The van der Waals surface area contributed by atoms with Crippen molar-refractivity contribution in [2.45, 2.75) is 45.6 Å². The lowest BCUT2D eigenvalue weighted by Gasteiger charge is -2.14. The van der Waals surface area contributed by atoms with Gasteiger partial charge in [-0.3, -0.25) is 9.59 Å². The fourth-order valence-corrected chi connectivity index (χ4v) is 1.21. The Labute approximate surface area is 84.5 Å². The van der Waals surface area contributed by atoms with Gasteiger partial charge in [0, 0.05) is 12.8 Å². The second-order valence-corrected chi connectivity index (χ2v) is 3.69. The first kappa shape index (κ1) is 13.1. The maximum absolute atomic E-state index is 11.3. The van der Waals surface area contributed by atoms with Gasteiger partial charge in [-0.1, -0.05) is 20.3 Å². The molecule has 0 aromatic carbocycles. The summed E-state index contributed by atoms with van der Waals surface area (Å²) in [4.78, 5) is 21.8. The van der Waals surface area contributed by atoms with E-state index in [1.54, 1.807) is 6.92 Å². The summed E-state index contributed by atoms with van der Waals surface area (Å²) >= 11 is 0. The molecular weight excluding hydrogens is 182 g/mol. The minimum Gasteiger partial charge on any atom is -0.480 e. The van der Waals surface area contributed by atoms with Gasteiger partial charge in [0.15, 0.2) is 0 Å². The van der Waals surface area contributed by atoms with E-state index in [0.717, 1.165) is 12.8 Å². The van der Waals surface area contributed by atoms with Crippen molar-refractivity contribution >= 4 is 11.8 Å². The van der Waals surface area contributed by atoms with Crippen LogP contribution >= 0.6 is 0 Å². The van der Waals surface area contributed by atoms with Gasteiger partial charge in [-0.25, -0.2) is 0 Å². The molecule has 4 nitrogen and oxygen atoms in total. The lowest BCUT2D eigenvalue weighted by molar-refractivity contribution is -0.139. The van der Waals surface area contributed by atoms with Crippen molar-refractivity contribution in [2.75, 3.05) is 0 Å². The van der Waals surface area contributed by atoms with Gasteiger partial charge in [0.1, 0.15) is 11.8 Å². The average molecular weight is 201 g/mol. The smallest absolute Gasteiger partial charge is 0.320 e. The minimum atomic E-state index is -1.04. The second-order valence-electron chi connectivity index (χ2n) is 3.69. The number of carboxylic acid groups (broad SMARTS) is 1. The molecule has 0 aromatic heterocycles. The first-order chi connectivity index (χ1) is 6.49. The van der Waals surface area contributed by atoms with Crippen molar-refractivity contribution in [2.24, 2.45) is 11.7 Å². The van der Waals surface area contributed by atoms with Crippen LogP contribution in [0.15, 0.2) is 0 Å². The zero-order valence-electron chi connectivity index (χ0n) is 8.82. The maximum atomic E-state index is 11.3. The Hall–Kier alpha value is -0.900. The molecule has 0 bridgehead atoms. The van der Waals surface area contributed by atoms with Crippen molar-refractivity contribution < 1.29 is 14.7 Å². The highest BCUT2D eigenvalue weighted by Crippen LogP contribution is 2.10. The number of aliphatic carboxylic acids is 1. The van der Waals surface area contributed by atoms with E-state index < -0.39 is 12.0 Å². The quantitative estimate of drug-likeness (QED) is 0.648. The molecule has 82 valence electrons. The van der Waals surface area contributed by atoms with Gasteiger partial charge < -0.3 is 10.8 Å². The highest BCUT2D eigenvalue weighted by Gasteiger charge is 2.21. The van der Waals surface area contributed by atoms with Crippen LogP contribution in [-0.4, -0.2) is 22.9 Å². The number of nitrogens with two attached hydrogens (primary N) is 1. The normalized spacial score (nSPS) is 14.8. The molecule has 0 saturated heterocycles. The molecule has 0 heterocycles. The number of hydrogen-bond donors (Lipinski definition) is 2. The highest BCUT2D eigenvalue weighted by molar-refractivity contribution is 5.80. The zero-order valence-corrected chi connectivity index (χ0v) is 8.82. The van der Waals surface area contributed by atoms with Crippen LogP contribution in [0.5, 0.6) is 0 Å². The zero-order chi connectivity index (χ0) is 11.1. The first-order valence-corrected chi connectivity index (χ1v) is 4.99. The second kappa shape index (κ2) is 6.54. The fraction of sp³-hybridized carbons (Fsp3) is 0.800. The number of carbonyl (C=O) groups excluding carboxylic acids is 1. The number of ketones is 1. The molecule has 0 aromatic rings. The van der Waals surface area contributed by atoms with Crippen molar-refractivity contribution in [3.8, 4) is 0 Å². The molecule has 0 saturated carbocycles. The Morgan fingerprint density at radius 1 is 1.43 bits per heavy atom. The molecule has 0 spiro atoms. The van der Waals surface area contributed by atoms with Crippen LogP contribution in [0.1, 0.15) is 39.5 Å². The summed E-state index contributed by atoms with van der Waals surface area (Å²) in [6, 6.07) is -0.930. The third-order valence-corrected chi connectivity index (χ3v) is 2.26. The van der Waals surface area contributed by atoms with Crippen molar-refractivity contribution in [1.29, 1.82) is 0 Å². The number of unbranched alkanes of at least 4 members (excludes halogenated alkanes) is 1. The monoisotopic (exact) mass is 201 g/mol. The number of hydrogen-bond acceptors (Lipinski definition) is 3. The Balaban J connectivity index is 3.86. The summed E-state index contributed by atoms with van der Waals surface area (Å²) in [7, 11) is 0. The van der Waals surface area contributed by atoms with E-state index in [0.29, 0.717) is 6.42 Å². The number of carboxylic acids is 1. The summed E-state index contributed by atoms with van der Waals surface area (Å²) in [5, 5.41) is 8.61. The van der Waals surface area contributed by atoms with Crippen LogP contribution in [-0.2, 0) is 9.59 Å². The molecule has 14 heavy (non-hydrogen) atoms. The molecule has 2 atom stereocenters. The molecule has 0 amide bonds. The summed E-state index contributed by atoms with van der Waals surface area (Å²) in [6.07, 6.45) is 2.65. The van der Waals surface area contributed by atoms with E-state index in [2.05, 4.69) is 0 Å². The molecule has 1 unspecified atom stereocenters. The van der Waals surface area contributed by atoms with Crippen molar-refractivity contribution in [1.82, 2.24) is 0 Å². The predicted molar refractivity (Wildman–Crippen MR) is 53.9 cm³/mol. The Kier molecular flexibility index (Phi) is 6.12. The van der Waals surface area contributed by atoms with Gasteiger partial charge in [-0.15, -0.1) is 0 Å². The lowest BCUT2D eigenvalue weighted by atomic mass is 9.95. The maximum Gasteiger partial charge on any atom is 0.320 e. The van der Waals surface area contributed by atoms with Gasteiger partial charge in [-0.05, 0) is 12.3 Å². The van der Waals surface area contributed by atoms with Gasteiger partial charge in [-0.2, -0.15) is 0 Å². The van der Waals surface area contributed by atoms with Crippen LogP contribution in [0.2, 0.25) is 0 Å². The Morgan fingerprint density at radius 2 is 2.00 bits per heavy atom. The van der Waals surface area contributed by atoms with E-state index in [4.69, 9.17) is 10.8 Å². The SMILES string of the molecule is CCCCC(=O)CC(C)[C@H](N)C(=O)O. The number of Topliss-reactive ketones (excluding diaryl/α,β-unsaturated/α-hetero) is 1. The Bertz CT molecular complexity index is 204. The third-order valence-electron chi connectivity index (χ3n) is 2.26. The minimum absolute atomic E-state index is 0.107. The molecule has 0 aliphatic heterocycles. The van der Waals surface area contributed by atoms with Crippen molar-refractivity contribution in [3.05, 3.63) is 0 Å². The average Bonchev–Trinajstić information content (AvgIpc) is 2.13. The van der Waals surface area contributed by atoms with Gasteiger partial charge in [0.25, 0.3) is 0 Å². The number of carbonyl (C=O) groups is 2. The van der Waals surface area contributed by atoms with Crippen LogP contribution in [0.4, 0.5) is 0 Å². The van der Waals surface area contributed by atoms with Crippen molar-refractivity contribution in [3.63, 3.8) is 0 Å². The fourth-order valence-electron chi connectivity index (χ4n) is 1.21. The predicted octanol–water partition coefficient (Wildman–Crippen LogP) is 1.18. The standard InChI is InChI=1S/C10H19NO3/c1-3-4-5-8(12)6-7(2)9(11)10(13)14/h7,9H,3-6,11H2,1-2H3,(H,13,14)/t7?,9-/m0/s1. The van der Waals surface area contributed by atoms with Crippen LogP contribution in [0.25, 0.3) is 0 Å². The molecule has 0 aliphatic rings. The molecule has 0 fully saturated rings. The molecule has 0 rings (SSSR count). The third kappa shape index (κ3) is 4.97. The lowest BCUT2D eigenvalue weighted by Crippen LogP contribution is -2.37. The van der Waals surface area contributed by atoms with E-state index in [9.17, 15) is 9.59 Å². The summed E-state index contributed by atoms with van der Waals surface area (Å²) in [5.74, 6) is -1.21. The molecule has 0 aliphatic carbocycles. The van der Waals surface area contributed by atoms with E-state index in [-0.39, 0.29) is 18.1 Å². The van der Waals surface area contributed by atoms with Crippen LogP contribution in [0, 0.1) is 5.92 Å². The molecule has 3 N–H and O–H groups in total. The van der Waals surface area contributed by atoms with Crippen LogP contribution < -0.4 is 5.73 Å². The van der Waals surface area contributed by atoms with Gasteiger partial charge in [0.2, 0.25) is 0 Å². The molecule has 4 heteroatoms. The van der Waals surface area contributed by atoms with E-state index in [1.165, 1.54) is 0 Å². The summed E-state index contributed by atoms with van der Waals surface area (Å²) < 4.78 is 0. The molecule has 0 radical (unpaired) electrons. The van der Waals surface area contributed by atoms with E-state index in [1.807, 2.05) is 6.92 Å². The largest absolute Gasteiger partial charge is 0.480 e. The summed E-state index contributed by atoms with van der Waals surface area (Å²) in [5.41, 5.74) is 5.39. The molecular formula is C10H19NO3. The summed E-state index contributed by atoms with van der Waals surface area (Å²) in [6.45, 7) is 3.71. The van der Waals surface area contributed by atoms with Gasteiger partial charge in [0.05, 0.1) is 0 Å². The topological polar surface area (TPSA) is 80.4 Å². The number of rotatable bonds is 7. The first-order valence-electron chi connectivity index (χ1n) is 4.99. The highest BCUT2D eigenvalue weighted by atomic mass is 16.4. The Morgan fingerprint density at radius 3 is 2.43 bits per heavy atom.